The van der Waals surface area contributed by atoms with Gasteiger partial charge in [0, 0.05) is 31.4 Å². The molecule has 1 unspecified atom stereocenters. The molecular formula is C40H61N5O10S. The van der Waals surface area contributed by atoms with Gasteiger partial charge in [0.05, 0.1) is 24.6 Å². The quantitative estimate of drug-likeness (QED) is 0.0635. The van der Waals surface area contributed by atoms with Crippen molar-refractivity contribution in [2.24, 2.45) is 17.8 Å². The van der Waals surface area contributed by atoms with Crippen molar-refractivity contribution < 1.29 is 48.9 Å². The highest BCUT2D eigenvalue weighted by Gasteiger charge is 2.40. The molecule has 0 aliphatic carbocycles. The zero-order chi connectivity index (χ0) is 41.5. The van der Waals surface area contributed by atoms with Crippen molar-refractivity contribution >= 4 is 41.0 Å². The Morgan fingerprint density at radius 2 is 1.75 bits per heavy atom. The number of benzene rings is 1. The number of hydroxylamine groups is 2. The summed E-state index contributed by atoms with van der Waals surface area (Å²) in [6, 6.07) is 3.89. The number of aliphatic carboxylic acids is 1. The van der Waals surface area contributed by atoms with Crippen LogP contribution in [0.1, 0.15) is 114 Å². The first-order chi connectivity index (χ1) is 26.6. The molecule has 7 atom stereocenters. The van der Waals surface area contributed by atoms with E-state index < -0.39 is 53.9 Å². The average molecular weight is 804 g/mol. The van der Waals surface area contributed by atoms with E-state index in [9.17, 15) is 39.3 Å². The van der Waals surface area contributed by atoms with Gasteiger partial charge in [0.15, 0.2) is 6.10 Å². The summed E-state index contributed by atoms with van der Waals surface area (Å²) in [6.07, 6.45) is 2.95. The van der Waals surface area contributed by atoms with Gasteiger partial charge in [-0.1, -0.05) is 59.6 Å². The Bertz CT molecular complexity index is 1590. The van der Waals surface area contributed by atoms with Gasteiger partial charge in [-0.15, -0.1) is 11.3 Å². The molecule has 3 rings (SSSR count). The third-order valence-electron chi connectivity index (χ3n) is 10.3. The summed E-state index contributed by atoms with van der Waals surface area (Å²) in [5, 5.41) is 37.9. The van der Waals surface area contributed by atoms with E-state index in [1.165, 1.54) is 29.5 Å². The van der Waals surface area contributed by atoms with E-state index in [2.05, 4.69) is 15.6 Å². The van der Waals surface area contributed by atoms with Crippen molar-refractivity contribution in [3.05, 3.63) is 45.9 Å². The predicted molar refractivity (Wildman–Crippen MR) is 211 cm³/mol. The lowest BCUT2D eigenvalue weighted by Crippen LogP contribution is -2.58. The smallest absolute Gasteiger partial charge is 0.306 e. The number of piperidine rings is 1. The summed E-state index contributed by atoms with van der Waals surface area (Å²) in [6.45, 7) is 11.1. The number of aromatic hydroxyl groups is 1. The number of amides is 3. The lowest BCUT2D eigenvalue weighted by molar-refractivity contribution is -0.214. The van der Waals surface area contributed by atoms with E-state index in [-0.39, 0.29) is 67.7 Å². The number of carboxylic acid groups (broad SMARTS) is 1. The van der Waals surface area contributed by atoms with E-state index >= 15 is 0 Å². The number of esters is 1. The van der Waals surface area contributed by atoms with Crippen LogP contribution in [-0.4, -0.2) is 111 Å². The summed E-state index contributed by atoms with van der Waals surface area (Å²) < 4.78 is 5.78. The van der Waals surface area contributed by atoms with Gasteiger partial charge in [0.1, 0.15) is 22.5 Å². The largest absolute Gasteiger partial charge is 0.508 e. The number of hydrogen-bond donors (Lipinski definition) is 5. The summed E-state index contributed by atoms with van der Waals surface area (Å²) in [5.41, 5.74) is 0.831. The predicted octanol–water partition coefficient (Wildman–Crippen LogP) is 4.48. The van der Waals surface area contributed by atoms with Crippen LogP contribution in [0, 0.1) is 17.8 Å². The molecule has 2 heterocycles. The monoisotopic (exact) mass is 803 g/mol. The fourth-order valence-corrected chi connectivity index (χ4v) is 7.56. The lowest BCUT2D eigenvalue weighted by atomic mass is 9.93. The average Bonchev–Trinajstić information content (AvgIpc) is 3.65. The molecule has 5 N–H and O–H groups in total. The molecular weight excluding hydrogens is 743 g/mol. The Labute approximate surface area is 334 Å². The zero-order valence-electron chi connectivity index (χ0n) is 33.7. The lowest BCUT2D eigenvalue weighted by Gasteiger charge is -2.39. The highest BCUT2D eigenvalue weighted by atomic mass is 32.1. The number of aliphatic hydroxyl groups is 1. The van der Waals surface area contributed by atoms with E-state index in [4.69, 9.17) is 9.57 Å². The van der Waals surface area contributed by atoms with Crippen LogP contribution < -0.4 is 10.6 Å². The van der Waals surface area contributed by atoms with Crippen molar-refractivity contribution in [1.82, 2.24) is 25.6 Å². The molecule has 1 aliphatic heterocycles. The van der Waals surface area contributed by atoms with E-state index in [1.54, 1.807) is 19.1 Å². The summed E-state index contributed by atoms with van der Waals surface area (Å²) in [4.78, 5) is 78.6. The number of ether oxygens (including phenoxy) is 1. The number of rotatable bonds is 22. The number of likely N-dealkylation sites (N-methyl/N-ethyl adjacent to an activating group) is 1. The van der Waals surface area contributed by atoms with Crippen molar-refractivity contribution in [3.8, 4) is 5.75 Å². The van der Waals surface area contributed by atoms with Gasteiger partial charge in [0.2, 0.25) is 5.91 Å². The van der Waals surface area contributed by atoms with Crippen LogP contribution in [0.25, 0.3) is 0 Å². The maximum Gasteiger partial charge on any atom is 0.306 e. The number of thiazole rings is 1. The highest BCUT2D eigenvalue weighted by Crippen LogP contribution is 2.32. The molecule has 15 nitrogen and oxygen atoms in total. The second-order valence-electron chi connectivity index (χ2n) is 15.2. The van der Waals surface area contributed by atoms with Gasteiger partial charge in [0.25, 0.3) is 11.8 Å². The maximum absolute atomic E-state index is 14.6. The molecule has 0 radical (unpaired) electrons. The third-order valence-corrected chi connectivity index (χ3v) is 11.2. The van der Waals surface area contributed by atoms with Gasteiger partial charge in [-0.05, 0) is 75.2 Å². The number of nitrogens with zero attached hydrogens (tertiary/aromatic N) is 3. The number of phenolic OH excluding ortho intramolecular Hbond substituents is 1. The Morgan fingerprint density at radius 3 is 2.34 bits per heavy atom. The number of carbonyl (C=O) groups is 5. The normalized spacial score (nSPS) is 17.9. The van der Waals surface area contributed by atoms with Gasteiger partial charge in [-0.3, -0.25) is 33.7 Å². The number of nitrogens with one attached hydrogen (secondary N) is 2. The van der Waals surface area contributed by atoms with Crippen LogP contribution in [0.3, 0.4) is 0 Å². The Morgan fingerprint density at radius 1 is 1.05 bits per heavy atom. The standard InChI is InChI=1S/C40H61N5O10S/c1-8-25(4)35(43-37(50)32-12-9-10-17-44(32)7)39(51)45(54-19-11-18-46)33(24(2)3)22-34(55-27(6)47)38-42-31(23-56-38)36(49)41-29(20-26(5)40(52)53)21-28-13-15-30(48)16-14-28/h13-16,23-26,29,32-35,46,48H,8-12,17-22H2,1-7H3,(H,41,49)(H,43,50)(H,52,53)/t25-,26-,29+,32?,33+,34+,35-/m0/s1. The molecule has 0 saturated carbocycles. The van der Waals surface area contributed by atoms with Gasteiger partial charge in [-0.25, -0.2) is 10.0 Å². The van der Waals surface area contributed by atoms with E-state index in [0.29, 0.717) is 24.3 Å². The molecule has 1 saturated heterocycles. The molecule has 3 amide bonds. The first-order valence-electron chi connectivity index (χ1n) is 19.6. The van der Waals surface area contributed by atoms with Crippen molar-refractivity contribution in [1.29, 1.82) is 0 Å². The summed E-state index contributed by atoms with van der Waals surface area (Å²) in [7, 11) is 1.90. The molecule has 312 valence electrons. The molecule has 56 heavy (non-hydrogen) atoms. The number of phenols is 1. The van der Waals surface area contributed by atoms with Crippen LogP contribution in [0.2, 0.25) is 0 Å². The van der Waals surface area contributed by atoms with Crippen molar-refractivity contribution in [2.75, 3.05) is 26.8 Å². The van der Waals surface area contributed by atoms with Crippen molar-refractivity contribution in [3.63, 3.8) is 0 Å². The molecule has 1 fully saturated rings. The molecule has 1 aromatic heterocycles. The van der Waals surface area contributed by atoms with Gasteiger partial charge >= 0.3 is 11.9 Å². The first-order valence-corrected chi connectivity index (χ1v) is 20.5. The molecule has 1 aliphatic rings. The van der Waals surface area contributed by atoms with Crippen LogP contribution in [0.5, 0.6) is 5.75 Å². The number of carboxylic acids is 1. The fourth-order valence-electron chi connectivity index (χ4n) is 6.72. The second kappa shape index (κ2) is 22.6. The molecule has 2 aromatic rings. The van der Waals surface area contributed by atoms with Gasteiger partial charge in [-0.2, -0.15) is 0 Å². The summed E-state index contributed by atoms with van der Waals surface area (Å²) in [5.74, 6) is -4.00. The number of aliphatic hydroxyl groups excluding tert-OH is 1. The number of aromatic nitrogens is 1. The zero-order valence-corrected chi connectivity index (χ0v) is 34.5. The SMILES string of the molecule is CC[C@H](C)[C@H](NC(=O)C1CCCCN1C)C(=O)N(OCCCO)[C@H](C[C@@H](OC(C)=O)c1nc(C(=O)N[C@@H](Cc2ccc(O)cc2)C[C@H](C)C(=O)O)cs1)C(C)C. The molecule has 16 heteroatoms. The summed E-state index contributed by atoms with van der Waals surface area (Å²) >= 11 is 1.10. The van der Waals surface area contributed by atoms with E-state index in [0.717, 1.165) is 36.3 Å². The topological polar surface area (TPSA) is 208 Å². The number of hydrogen-bond acceptors (Lipinski definition) is 12. The Hall–Kier alpha value is -4.12. The van der Waals surface area contributed by atoms with E-state index in [1.807, 2.05) is 39.6 Å². The molecule has 0 bridgehead atoms. The second-order valence-corrected chi connectivity index (χ2v) is 16.1. The molecule has 1 aromatic carbocycles. The Balaban J connectivity index is 1.91. The first kappa shape index (κ1) is 46.3. The van der Waals surface area contributed by atoms with Crippen LogP contribution in [0.15, 0.2) is 29.6 Å². The maximum atomic E-state index is 14.6. The minimum atomic E-state index is -1.00. The fraction of sp³-hybridized carbons (Fsp3) is 0.650. The number of carbonyl (C=O) groups excluding carboxylic acids is 4. The van der Waals surface area contributed by atoms with Gasteiger partial charge < -0.3 is 30.7 Å². The Kier molecular flexibility index (Phi) is 18.7. The van der Waals surface area contributed by atoms with Crippen LogP contribution in [0.4, 0.5) is 0 Å². The number of likely N-dealkylation sites (tertiary alicyclic amines) is 1. The van der Waals surface area contributed by atoms with Crippen molar-refractivity contribution in [2.45, 2.75) is 123 Å². The highest BCUT2D eigenvalue weighted by molar-refractivity contribution is 7.09. The molecule has 0 spiro atoms. The third kappa shape index (κ3) is 13.8. The van der Waals surface area contributed by atoms with Crippen LogP contribution >= 0.6 is 11.3 Å². The minimum Gasteiger partial charge on any atom is -0.508 e. The minimum absolute atomic E-state index is 0.0175. The van der Waals surface area contributed by atoms with Crippen LogP contribution in [-0.2, 0) is 35.2 Å².